The lowest BCUT2D eigenvalue weighted by molar-refractivity contribution is 0.0730. The number of rotatable bonds is 6. The maximum absolute atomic E-state index is 12.5. The molecule has 0 radical (unpaired) electrons. The first kappa shape index (κ1) is 17.7. The molecule has 2 rings (SSSR count). The Hall–Kier alpha value is -1.64. The molecule has 0 spiro atoms. The summed E-state index contributed by atoms with van der Waals surface area (Å²) in [5, 5.41) is 2.63. The van der Waals surface area contributed by atoms with Gasteiger partial charge in [0.05, 0.1) is 24.7 Å². The Balaban J connectivity index is 1.92. The molecule has 23 heavy (non-hydrogen) atoms. The lowest BCUT2D eigenvalue weighted by Crippen LogP contribution is -2.40. The molecule has 0 unspecified atom stereocenters. The minimum absolute atomic E-state index is 0.279. The molecule has 1 amide bonds. The van der Waals surface area contributed by atoms with Gasteiger partial charge in [-0.3, -0.25) is 0 Å². The monoisotopic (exact) mass is 342 g/mol. The first-order valence-corrected chi connectivity index (χ1v) is 9.05. The van der Waals surface area contributed by atoms with Crippen LogP contribution in [0.25, 0.3) is 0 Å². The summed E-state index contributed by atoms with van der Waals surface area (Å²) in [4.78, 5) is 11.4. The second-order valence-corrected chi connectivity index (χ2v) is 7.00. The van der Waals surface area contributed by atoms with E-state index in [2.05, 4.69) is 5.32 Å². The van der Waals surface area contributed by atoms with Gasteiger partial charge in [0.2, 0.25) is 10.0 Å². The van der Waals surface area contributed by atoms with E-state index in [1.165, 1.54) is 4.31 Å². The van der Waals surface area contributed by atoms with E-state index in [1.54, 1.807) is 31.2 Å². The number of benzene rings is 1. The minimum Gasteiger partial charge on any atom is -0.450 e. The highest BCUT2D eigenvalue weighted by molar-refractivity contribution is 7.89. The van der Waals surface area contributed by atoms with Crippen LogP contribution < -0.4 is 5.32 Å². The quantitative estimate of drug-likeness (QED) is 0.833. The maximum atomic E-state index is 12.5. The molecule has 7 nitrogen and oxygen atoms in total. The van der Waals surface area contributed by atoms with Gasteiger partial charge < -0.3 is 14.8 Å². The second kappa shape index (κ2) is 8.28. The summed E-state index contributed by atoms with van der Waals surface area (Å²) in [6.07, 6.45) is 0.162. The van der Waals surface area contributed by atoms with Crippen LogP contribution in [0.15, 0.2) is 29.2 Å². The fraction of sp³-hybridized carbons (Fsp3) is 0.533. The molecule has 0 saturated carbocycles. The molecule has 0 bridgehead atoms. The molecular weight excluding hydrogens is 320 g/mol. The van der Waals surface area contributed by atoms with Gasteiger partial charge in [-0.25, -0.2) is 13.2 Å². The van der Waals surface area contributed by atoms with E-state index < -0.39 is 16.1 Å². The highest BCUT2D eigenvalue weighted by Gasteiger charge is 2.25. The van der Waals surface area contributed by atoms with Crippen molar-refractivity contribution < 1.29 is 22.7 Å². The Morgan fingerprint density at radius 2 is 1.91 bits per heavy atom. The zero-order chi connectivity index (χ0) is 16.7. The molecule has 1 heterocycles. The number of carbonyl (C=O) groups excluding carboxylic acids is 1. The average molecular weight is 342 g/mol. The number of alkyl carbamates (subject to hydrolysis) is 1. The van der Waals surface area contributed by atoms with E-state index >= 15 is 0 Å². The number of ether oxygens (including phenoxy) is 2. The molecular formula is C15H22N2O5S. The molecule has 0 atom stereocenters. The summed E-state index contributed by atoms with van der Waals surface area (Å²) < 4.78 is 36.3. The third-order valence-corrected chi connectivity index (χ3v) is 5.40. The van der Waals surface area contributed by atoms with Crippen molar-refractivity contribution in [2.75, 3.05) is 39.5 Å². The number of nitrogens with one attached hydrogen (secondary N) is 1. The van der Waals surface area contributed by atoms with Crippen molar-refractivity contribution in [2.45, 2.75) is 18.2 Å². The molecule has 1 aromatic carbocycles. The Bertz CT molecular complexity index is 609. The van der Waals surface area contributed by atoms with E-state index in [1.807, 2.05) is 0 Å². The van der Waals surface area contributed by atoms with Gasteiger partial charge in [0.25, 0.3) is 0 Å². The van der Waals surface area contributed by atoms with Crippen molar-refractivity contribution in [3.05, 3.63) is 29.8 Å². The SMILES string of the molecule is CCOC(=O)NCCc1ccc(S(=O)(=O)N2CCOCC2)cc1. The maximum Gasteiger partial charge on any atom is 0.407 e. The van der Waals surface area contributed by atoms with Crippen molar-refractivity contribution in [3.8, 4) is 0 Å². The first-order chi connectivity index (χ1) is 11.0. The minimum atomic E-state index is -3.46. The van der Waals surface area contributed by atoms with E-state index in [9.17, 15) is 13.2 Å². The largest absolute Gasteiger partial charge is 0.450 e. The summed E-state index contributed by atoms with van der Waals surface area (Å²) >= 11 is 0. The van der Waals surface area contributed by atoms with Crippen LogP contribution >= 0.6 is 0 Å². The number of carbonyl (C=O) groups is 1. The first-order valence-electron chi connectivity index (χ1n) is 7.61. The Labute approximate surface area is 136 Å². The normalized spacial score (nSPS) is 16.0. The van der Waals surface area contributed by atoms with Gasteiger partial charge in [-0.2, -0.15) is 4.31 Å². The lowest BCUT2D eigenvalue weighted by atomic mass is 10.1. The molecule has 1 fully saturated rings. The molecule has 1 saturated heterocycles. The number of sulfonamides is 1. The van der Waals surface area contributed by atoms with Gasteiger partial charge in [0, 0.05) is 19.6 Å². The fourth-order valence-electron chi connectivity index (χ4n) is 2.26. The molecule has 1 aliphatic heterocycles. The van der Waals surface area contributed by atoms with Gasteiger partial charge >= 0.3 is 6.09 Å². The summed E-state index contributed by atoms with van der Waals surface area (Å²) in [5.74, 6) is 0. The zero-order valence-electron chi connectivity index (χ0n) is 13.2. The Morgan fingerprint density at radius 3 is 2.52 bits per heavy atom. The van der Waals surface area contributed by atoms with Gasteiger partial charge in [0.15, 0.2) is 0 Å². The van der Waals surface area contributed by atoms with Crippen molar-refractivity contribution in [3.63, 3.8) is 0 Å². The van der Waals surface area contributed by atoms with Gasteiger partial charge in [0.1, 0.15) is 0 Å². The standard InChI is InChI=1S/C15H22N2O5S/c1-2-22-15(18)16-8-7-13-3-5-14(6-4-13)23(19,20)17-9-11-21-12-10-17/h3-6H,2,7-12H2,1H3,(H,16,18). The van der Waals surface area contributed by atoms with Crippen molar-refractivity contribution >= 4 is 16.1 Å². The van der Waals surface area contributed by atoms with E-state index in [4.69, 9.17) is 9.47 Å². The van der Waals surface area contributed by atoms with Crippen molar-refractivity contribution in [1.82, 2.24) is 9.62 Å². The van der Waals surface area contributed by atoms with Crippen molar-refractivity contribution in [2.24, 2.45) is 0 Å². The van der Waals surface area contributed by atoms with Crippen LogP contribution in [0.3, 0.4) is 0 Å². The van der Waals surface area contributed by atoms with E-state index in [0.29, 0.717) is 45.9 Å². The van der Waals surface area contributed by atoms with Crippen LogP contribution in [-0.4, -0.2) is 58.3 Å². The molecule has 0 aromatic heterocycles. The number of hydrogen-bond donors (Lipinski definition) is 1. The predicted molar refractivity (Wildman–Crippen MR) is 84.7 cm³/mol. The Morgan fingerprint density at radius 1 is 1.26 bits per heavy atom. The predicted octanol–water partition coefficient (Wildman–Crippen LogP) is 0.996. The molecule has 1 N–H and O–H groups in total. The van der Waals surface area contributed by atoms with Crippen molar-refractivity contribution in [1.29, 1.82) is 0 Å². The van der Waals surface area contributed by atoms with E-state index in [0.717, 1.165) is 5.56 Å². The van der Waals surface area contributed by atoms with E-state index in [-0.39, 0.29) is 4.90 Å². The van der Waals surface area contributed by atoms with Gasteiger partial charge in [-0.15, -0.1) is 0 Å². The van der Waals surface area contributed by atoms with Crippen LogP contribution in [0.1, 0.15) is 12.5 Å². The molecule has 1 aromatic rings. The third kappa shape index (κ3) is 4.92. The lowest BCUT2D eigenvalue weighted by Gasteiger charge is -2.26. The van der Waals surface area contributed by atoms with Crippen LogP contribution in [0, 0.1) is 0 Å². The van der Waals surface area contributed by atoms with Crippen LogP contribution in [-0.2, 0) is 25.9 Å². The highest BCUT2D eigenvalue weighted by Crippen LogP contribution is 2.17. The number of amides is 1. The van der Waals surface area contributed by atoms with Gasteiger partial charge in [-0.05, 0) is 31.0 Å². The molecule has 8 heteroatoms. The van der Waals surface area contributed by atoms with Crippen LogP contribution in [0.2, 0.25) is 0 Å². The Kier molecular flexibility index (Phi) is 6.37. The third-order valence-electron chi connectivity index (χ3n) is 3.49. The second-order valence-electron chi connectivity index (χ2n) is 5.06. The average Bonchev–Trinajstić information content (AvgIpc) is 2.56. The van der Waals surface area contributed by atoms with Gasteiger partial charge in [-0.1, -0.05) is 12.1 Å². The summed E-state index contributed by atoms with van der Waals surface area (Å²) in [7, 11) is -3.46. The molecule has 1 aliphatic rings. The number of nitrogens with zero attached hydrogens (tertiary/aromatic N) is 1. The number of hydrogen-bond acceptors (Lipinski definition) is 5. The molecule has 128 valence electrons. The fourth-order valence-corrected chi connectivity index (χ4v) is 3.66. The summed E-state index contributed by atoms with van der Waals surface area (Å²) in [5.41, 5.74) is 0.947. The van der Waals surface area contributed by atoms with Crippen LogP contribution in [0.4, 0.5) is 4.79 Å². The highest BCUT2D eigenvalue weighted by atomic mass is 32.2. The number of morpholine rings is 1. The van der Waals surface area contributed by atoms with Crippen LogP contribution in [0.5, 0.6) is 0 Å². The summed E-state index contributed by atoms with van der Waals surface area (Å²) in [6, 6.07) is 6.73. The smallest absolute Gasteiger partial charge is 0.407 e. The topological polar surface area (TPSA) is 84.9 Å². The zero-order valence-corrected chi connectivity index (χ0v) is 14.0. The summed E-state index contributed by atoms with van der Waals surface area (Å²) in [6.45, 7) is 4.14. The molecule has 0 aliphatic carbocycles.